The van der Waals surface area contributed by atoms with Crippen molar-refractivity contribution >= 4 is 23.7 Å². The second kappa shape index (κ2) is 6.08. The predicted octanol–water partition coefficient (Wildman–Crippen LogP) is 0.667. The number of hydrogen-bond donors (Lipinski definition) is 2. The number of likely N-dealkylation sites (N-methyl/N-ethyl adjacent to an activating group) is 1. The lowest BCUT2D eigenvalue weighted by molar-refractivity contribution is 0.0458. The van der Waals surface area contributed by atoms with Gasteiger partial charge in [0.25, 0.3) is 0 Å². The van der Waals surface area contributed by atoms with Crippen LogP contribution in [0.5, 0.6) is 0 Å². The molecule has 0 saturated heterocycles. The summed E-state index contributed by atoms with van der Waals surface area (Å²) in [4.78, 5) is 20.4. The van der Waals surface area contributed by atoms with E-state index < -0.39 is 5.60 Å². The van der Waals surface area contributed by atoms with E-state index in [2.05, 4.69) is 15.3 Å². The Hall–Kier alpha value is -1.24. The van der Waals surface area contributed by atoms with E-state index in [4.69, 9.17) is 11.6 Å². The molecule has 1 aromatic heterocycles. The van der Waals surface area contributed by atoms with Crippen molar-refractivity contribution in [2.45, 2.75) is 12.5 Å². The molecule has 0 saturated carbocycles. The lowest BCUT2D eigenvalue weighted by Gasteiger charge is -2.27. The summed E-state index contributed by atoms with van der Waals surface area (Å²) in [5, 5.41) is 13.1. The van der Waals surface area contributed by atoms with E-state index in [1.54, 1.807) is 6.92 Å². The Morgan fingerprint density at radius 2 is 2.22 bits per heavy atom. The lowest BCUT2D eigenvalue weighted by Crippen LogP contribution is -2.43. The molecule has 1 atom stereocenters. The van der Waals surface area contributed by atoms with Crippen LogP contribution in [0.3, 0.4) is 0 Å². The van der Waals surface area contributed by atoms with Gasteiger partial charge in [-0.15, -0.1) is 0 Å². The molecule has 2 N–H and O–H groups in total. The molecule has 0 aliphatic carbocycles. The first kappa shape index (κ1) is 14.8. The topological polar surface area (TPSA) is 78.3 Å². The van der Waals surface area contributed by atoms with Crippen LogP contribution in [0.4, 0.5) is 5.82 Å². The highest BCUT2D eigenvalue weighted by molar-refractivity contribution is 6.32. The Balaban J connectivity index is 2.74. The molecule has 6 nitrogen and oxygen atoms in total. The quantitative estimate of drug-likeness (QED) is 0.585. The van der Waals surface area contributed by atoms with Gasteiger partial charge in [-0.1, -0.05) is 11.6 Å². The zero-order valence-electron chi connectivity index (χ0n) is 10.6. The smallest absolute Gasteiger partial charge is 0.156 e. The summed E-state index contributed by atoms with van der Waals surface area (Å²) < 4.78 is 0. The first-order valence-corrected chi connectivity index (χ1v) is 5.80. The fraction of sp³-hybridized carbons (Fsp3) is 0.545. The van der Waals surface area contributed by atoms with Gasteiger partial charge in [-0.2, -0.15) is 0 Å². The minimum absolute atomic E-state index is 0.0924. The second-order valence-corrected chi connectivity index (χ2v) is 4.99. The van der Waals surface area contributed by atoms with Gasteiger partial charge in [0, 0.05) is 13.1 Å². The molecular formula is C11H17ClN4O2. The van der Waals surface area contributed by atoms with E-state index in [9.17, 15) is 9.90 Å². The molecule has 1 rings (SSSR count). The zero-order chi connectivity index (χ0) is 13.8. The Morgan fingerprint density at radius 1 is 1.56 bits per heavy atom. The number of nitrogens with zero attached hydrogens (tertiary/aromatic N) is 3. The number of rotatable bonds is 6. The molecule has 7 heteroatoms. The van der Waals surface area contributed by atoms with Crippen molar-refractivity contribution in [3.05, 3.63) is 17.0 Å². The molecule has 0 radical (unpaired) electrons. The molecule has 0 aliphatic rings. The van der Waals surface area contributed by atoms with Crippen LogP contribution in [0.2, 0.25) is 5.15 Å². The Labute approximate surface area is 111 Å². The number of aldehydes is 1. The predicted molar refractivity (Wildman–Crippen MR) is 70.1 cm³/mol. The average Bonchev–Trinajstić information content (AvgIpc) is 2.24. The van der Waals surface area contributed by atoms with Crippen molar-refractivity contribution in [3.63, 3.8) is 0 Å². The van der Waals surface area contributed by atoms with Gasteiger partial charge in [0.1, 0.15) is 17.3 Å². The van der Waals surface area contributed by atoms with Crippen LogP contribution in [0, 0.1) is 0 Å². The first-order valence-electron chi connectivity index (χ1n) is 5.42. The monoisotopic (exact) mass is 272 g/mol. The van der Waals surface area contributed by atoms with Gasteiger partial charge in [0.05, 0.1) is 11.2 Å². The maximum atomic E-state index is 10.9. The standard InChI is InChI=1S/C11H17ClN4O2/c1-11(18,6-16(2)3)5-13-10-8(4-17)9(12)14-7-15-10/h4,7,18H,5-6H2,1-3H3,(H,13,14,15). The largest absolute Gasteiger partial charge is 0.387 e. The summed E-state index contributed by atoms with van der Waals surface area (Å²) in [6.45, 7) is 2.43. The number of hydrogen-bond acceptors (Lipinski definition) is 6. The SMILES string of the molecule is CN(C)CC(C)(O)CNc1ncnc(Cl)c1C=O. The minimum Gasteiger partial charge on any atom is -0.387 e. The highest BCUT2D eigenvalue weighted by Crippen LogP contribution is 2.18. The maximum absolute atomic E-state index is 10.9. The molecule has 0 spiro atoms. The van der Waals surface area contributed by atoms with E-state index >= 15 is 0 Å². The van der Waals surface area contributed by atoms with Gasteiger partial charge >= 0.3 is 0 Å². The van der Waals surface area contributed by atoms with Crippen LogP contribution in [-0.2, 0) is 0 Å². The molecule has 0 fully saturated rings. The molecule has 0 bridgehead atoms. The summed E-state index contributed by atoms with van der Waals surface area (Å²) >= 11 is 5.77. The number of aliphatic hydroxyl groups is 1. The molecule has 0 aliphatic heterocycles. The minimum atomic E-state index is -0.943. The fourth-order valence-electron chi connectivity index (χ4n) is 1.63. The first-order chi connectivity index (χ1) is 8.35. The van der Waals surface area contributed by atoms with Crippen LogP contribution >= 0.6 is 11.6 Å². The Kier molecular flexibility index (Phi) is 5.01. The van der Waals surface area contributed by atoms with Gasteiger partial charge in [-0.05, 0) is 21.0 Å². The Bertz CT molecular complexity index is 424. The third-order valence-corrected chi connectivity index (χ3v) is 2.55. The summed E-state index contributed by atoms with van der Waals surface area (Å²) in [7, 11) is 3.74. The molecule has 100 valence electrons. The van der Waals surface area contributed by atoms with E-state index in [0.29, 0.717) is 18.6 Å². The third kappa shape index (κ3) is 4.21. The number of halogens is 1. The van der Waals surface area contributed by atoms with Gasteiger partial charge in [0.15, 0.2) is 6.29 Å². The van der Waals surface area contributed by atoms with Crippen molar-refractivity contribution < 1.29 is 9.90 Å². The van der Waals surface area contributed by atoms with Crippen molar-refractivity contribution in [1.29, 1.82) is 0 Å². The number of anilines is 1. The maximum Gasteiger partial charge on any atom is 0.156 e. The van der Waals surface area contributed by atoms with Crippen LogP contribution in [-0.4, -0.2) is 59.0 Å². The summed E-state index contributed by atoms with van der Waals surface area (Å²) in [6, 6.07) is 0. The third-order valence-electron chi connectivity index (χ3n) is 2.25. The molecule has 18 heavy (non-hydrogen) atoms. The number of carbonyl (C=O) groups is 1. The van der Waals surface area contributed by atoms with E-state index in [-0.39, 0.29) is 17.3 Å². The van der Waals surface area contributed by atoms with Gasteiger partial charge in [0.2, 0.25) is 0 Å². The molecule has 1 heterocycles. The summed E-state index contributed by atoms with van der Waals surface area (Å²) in [6.07, 6.45) is 1.85. The second-order valence-electron chi connectivity index (χ2n) is 4.63. The van der Waals surface area contributed by atoms with Crippen LogP contribution in [0.15, 0.2) is 6.33 Å². The molecular weight excluding hydrogens is 256 g/mol. The van der Waals surface area contributed by atoms with Gasteiger partial charge in [-0.25, -0.2) is 9.97 Å². The molecule has 1 unspecified atom stereocenters. The van der Waals surface area contributed by atoms with Crippen LogP contribution in [0.1, 0.15) is 17.3 Å². The van der Waals surface area contributed by atoms with Gasteiger partial charge in [-0.3, -0.25) is 4.79 Å². The molecule has 1 aromatic rings. The summed E-state index contributed by atoms with van der Waals surface area (Å²) in [5.74, 6) is 0.323. The summed E-state index contributed by atoms with van der Waals surface area (Å²) in [5.41, 5.74) is -0.749. The van der Waals surface area contributed by atoms with Crippen LogP contribution < -0.4 is 5.32 Å². The number of carbonyl (C=O) groups excluding carboxylic acids is 1. The van der Waals surface area contributed by atoms with Crippen molar-refractivity contribution in [1.82, 2.24) is 14.9 Å². The van der Waals surface area contributed by atoms with Crippen LogP contribution in [0.25, 0.3) is 0 Å². The lowest BCUT2D eigenvalue weighted by atomic mass is 10.1. The average molecular weight is 273 g/mol. The van der Waals surface area contributed by atoms with E-state index in [1.807, 2.05) is 19.0 Å². The normalized spacial score (nSPS) is 14.3. The van der Waals surface area contributed by atoms with Crippen molar-refractivity contribution in [2.24, 2.45) is 0 Å². The fourth-order valence-corrected chi connectivity index (χ4v) is 1.81. The Morgan fingerprint density at radius 3 is 2.78 bits per heavy atom. The number of nitrogens with one attached hydrogen (secondary N) is 1. The number of aromatic nitrogens is 2. The molecule has 0 amide bonds. The van der Waals surface area contributed by atoms with E-state index in [1.165, 1.54) is 6.33 Å². The van der Waals surface area contributed by atoms with E-state index in [0.717, 1.165) is 0 Å². The zero-order valence-corrected chi connectivity index (χ0v) is 11.4. The molecule has 0 aromatic carbocycles. The highest BCUT2D eigenvalue weighted by Gasteiger charge is 2.22. The van der Waals surface area contributed by atoms with Crippen molar-refractivity contribution in [2.75, 3.05) is 32.5 Å². The highest BCUT2D eigenvalue weighted by atomic mass is 35.5. The van der Waals surface area contributed by atoms with Gasteiger partial charge < -0.3 is 15.3 Å². The van der Waals surface area contributed by atoms with Crippen molar-refractivity contribution in [3.8, 4) is 0 Å².